The lowest BCUT2D eigenvalue weighted by molar-refractivity contribution is -0.131. The van der Waals surface area contributed by atoms with Crippen LogP contribution in [0.5, 0.6) is 6.01 Å². The molecule has 232 valence electrons. The number of carbonyl (C=O) groups is 1. The number of alkyl halides is 1. The summed E-state index contributed by atoms with van der Waals surface area (Å²) in [5, 5.41) is 10.2. The van der Waals surface area contributed by atoms with Gasteiger partial charge >= 0.3 is 6.01 Å². The molecule has 0 radical (unpaired) electrons. The Morgan fingerprint density at radius 2 is 1.86 bits per heavy atom. The monoisotopic (exact) mass is 622 g/mol. The van der Waals surface area contributed by atoms with Crippen LogP contribution in [0.15, 0.2) is 30.6 Å². The molecule has 1 amide bonds. The molecule has 0 bridgehead atoms. The molecule has 0 N–H and O–H groups in total. The lowest BCUT2D eigenvalue weighted by atomic mass is 9.68. The fourth-order valence-corrected chi connectivity index (χ4v) is 8.94. The number of aromatic nitrogens is 2. The first-order valence-corrected chi connectivity index (χ1v) is 16.1. The summed E-state index contributed by atoms with van der Waals surface area (Å²) in [6.07, 6.45) is 5.55. The first kappa shape index (κ1) is 29.4. The molecule has 3 fully saturated rings. The van der Waals surface area contributed by atoms with Gasteiger partial charge in [0.2, 0.25) is 0 Å². The van der Waals surface area contributed by atoms with E-state index in [1.807, 2.05) is 23.1 Å². The zero-order valence-corrected chi connectivity index (χ0v) is 25.6. The number of piperazine rings is 1. The Balaban J connectivity index is 1.26. The van der Waals surface area contributed by atoms with E-state index in [0.717, 1.165) is 61.9 Å². The molecule has 3 atom stereocenters. The molecule has 2 aromatic rings. The van der Waals surface area contributed by atoms with Crippen LogP contribution in [0, 0.1) is 11.3 Å². The lowest BCUT2D eigenvalue weighted by Gasteiger charge is -2.43. The number of anilines is 1. The highest BCUT2D eigenvalue weighted by Gasteiger charge is 2.52. The second kappa shape index (κ2) is 11.3. The molecule has 1 aromatic heterocycles. The molecule has 3 saturated heterocycles. The van der Waals surface area contributed by atoms with E-state index in [2.05, 4.69) is 17.5 Å². The predicted molar refractivity (Wildman–Crippen MR) is 162 cm³/mol. The predicted octanol–water partition coefficient (Wildman–Crippen LogP) is 5.39. The molecule has 2 aliphatic carbocycles. The van der Waals surface area contributed by atoms with Crippen LogP contribution >= 0.6 is 11.6 Å². The van der Waals surface area contributed by atoms with E-state index < -0.39 is 29.4 Å². The molecule has 4 heterocycles. The number of rotatable bonds is 6. The number of nitrogens with zero attached hydrogens (tertiary/aromatic N) is 6. The van der Waals surface area contributed by atoms with E-state index in [9.17, 15) is 14.4 Å². The van der Waals surface area contributed by atoms with Gasteiger partial charge in [0.05, 0.1) is 29.8 Å². The summed E-state index contributed by atoms with van der Waals surface area (Å²) in [4.78, 5) is 28.1. The second-order valence-electron chi connectivity index (χ2n) is 13.1. The van der Waals surface area contributed by atoms with Crippen LogP contribution < -0.4 is 9.64 Å². The summed E-state index contributed by atoms with van der Waals surface area (Å²) >= 11 is 6.55. The topological polar surface area (TPSA) is 85.6 Å². The van der Waals surface area contributed by atoms with Gasteiger partial charge in [0, 0.05) is 35.6 Å². The standard InChI is InChI=1S/C33H37ClF2N6O2/c1-21(35)30(43)42-18-17-40(19-22(42)9-14-37)29-24-8-13-33(12-7-23-25(33)5-2-6-26(23)34)28(36)27(24)38-31(39-29)44-20-32-10-3-15-41(32)16-4-11-32/h2,5-6,22,28H,1,3-4,7-13,15-20H2/t22-,28?,33+/m0/s1. The van der Waals surface area contributed by atoms with E-state index in [-0.39, 0.29) is 31.1 Å². The van der Waals surface area contributed by atoms with Gasteiger partial charge in [0.15, 0.2) is 12.0 Å². The lowest BCUT2D eigenvalue weighted by Crippen LogP contribution is -2.55. The highest BCUT2D eigenvalue weighted by atomic mass is 35.5. The smallest absolute Gasteiger partial charge is 0.318 e. The zero-order chi connectivity index (χ0) is 30.6. The number of nitriles is 1. The maximum atomic E-state index is 17.1. The van der Waals surface area contributed by atoms with E-state index >= 15 is 4.39 Å². The molecule has 44 heavy (non-hydrogen) atoms. The summed E-state index contributed by atoms with van der Waals surface area (Å²) in [6, 6.07) is 7.48. The van der Waals surface area contributed by atoms with Gasteiger partial charge in [0.1, 0.15) is 12.4 Å². The number of fused-ring (bicyclic) bond motifs is 4. The van der Waals surface area contributed by atoms with Gasteiger partial charge in [-0.1, -0.05) is 30.3 Å². The highest BCUT2D eigenvalue weighted by molar-refractivity contribution is 6.31. The SMILES string of the molecule is C=C(F)C(=O)N1CCN(c2nc(OCC34CCCN3CCC4)nc3c2CC[C@@]2(CCc4c(Cl)cccc42)C3F)C[C@@H]1CC#N. The van der Waals surface area contributed by atoms with Gasteiger partial charge < -0.3 is 14.5 Å². The fourth-order valence-electron chi connectivity index (χ4n) is 8.68. The van der Waals surface area contributed by atoms with Crippen molar-refractivity contribution in [2.24, 2.45) is 0 Å². The first-order valence-electron chi connectivity index (χ1n) is 15.7. The quantitative estimate of drug-likeness (QED) is 0.399. The minimum atomic E-state index is -1.38. The molecular formula is C33H37ClF2N6O2. The van der Waals surface area contributed by atoms with Crippen molar-refractivity contribution in [2.45, 2.75) is 81.0 Å². The van der Waals surface area contributed by atoms with Crippen molar-refractivity contribution in [1.82, 2.24) is 19.8 Å². The fraction of sp³-hybridized carbons (Fsp3) is 0.576. The average Bonchev–Trinajstić information content (AvgIpc) is 3.72. The van der Waals surface area contributed by atoms with Gasteiger partial charge in [-0.2, -0.15) is 15.2 Å². The number of hydrogen-bond donors (Lipinski definition) is 0. The summed E-state index contributed by atoms with van der Waals surface area (Å²) in [7, 11) is 0. The van der Waals surface area contributed by atoms with Crippen LogP contribution in [-0.4, -0.2) is 76.6 Å². The van der Waals surface area contributed by atoms with Crippen molar-refractivity contribution in [2.75, 3.05) is 44.2 Å². The van der Waals surface area contributed by atoms with Gasteiger partial charge in [-0.25, -0.2) is 8.78 Å². The Hall–Kier alpha value is -3.29. The minimum Gasteiger partial charge on any atom is -0.461 e. The zero-order valence-electron chi connectivity index (χ0n) is 24.8. The van der Waals surface area contributed by atoms with Gasteiger partial charge in [0.25, 0.3) is 5.91 Å². The molecule has 0 saturated carbocycles. The van der Waals surface area contributed by atoms with Crippen molar-refractivity contribution >= 4 is 23.3 Å². The van der Waals surface area contributed by atoms with Crippen molar-refractivity contribution in [3.63, 3.8) is 0 Å². The second-order valence-corrected chi connectivity index (χ2v) is 13.5. The number of hydrogen-bond acceptors (Lipinski definition) is 7. The van der Waals surface area contributed by atoms with Crippen LogP contribution in [-0.2, 0) is 23.1 Å². The van der Waals surface area contributed by atoms with Crippen LogP contribution in [0.4, 0.5) is 14.6 Å². The molecule has 1 unspecified atom stereocenters. The van der Waals surface area contributed by atoms with E-state index in [0.29, 0.717) is 48.9 Å². The Morgan fingerprint density at radius 1 is 1.11 bits per heavy atom. The number of carbonyl (C=O) groups excluding carboxylic acids is 1. The average molecular weight is 623 g/mol. The number of benzene rings is 1. The maximum absolute atomic E-state index is 17.1. The first-order chi connectivity index (χ1) is 21.3. The molecule has 11 heteroatoms. The van der Waals surface area contributed by atoms with Crippen LogP contribution in [0.3, 0.4) is 0 Å². The number of halogens is 3. The summed E-state index contributed by atoms with van der Waals surface area (Å²) in [5.41, 5.74) is 2.31. The third-order valence-electron chi connectivity index (χ3n) is 10.9. The van der Waals surface area contributed by atoms with Gasteiger partial charge in [-0.05, 0) is 81.6 Å². The van der Waals surface area contributed by atoms with Crippen molar-refractivity contribution < 1.29 is 18.3 Å². The Bertz CT molecular complexity index is 1540. The molecule has 5 aliphatic rings. The van der Waals surface area contributed by atoms with E-state index in [1.165, 1.54) is 4.90 Å². The van der Waals surface area contributed by atoms with Gasteiger partial charge in [-0.3, -0.25) is 9.69 Å². The van der Waals surface area contributed by atoms with Crippen molar-refractivity contribution in [3.05, 3.63) is 58.0 Å². The Kier molecular flexibility index (Phi) is 7.53. The maximum Gasteiger partial charge on any atom is 0.318 e. The summed E-state index contributed by atoms with van der Waals surface area (Å²) in [6.45, 7) is 6.53. The summed E-state index contributed by atoms with van der Waals surface area (Å²) in [5.74, 6) is -1.28. The normalized spacial score (nSPS) is 27.1. The number of amides is 1. The third kappa shape index (κ3) is 4.66. The van der Waals surface area contributed by atoms with E-state index in [1.54, 1.807) is 0 Å². The van der Waals surface area contributed by atoms with E-state index in [4.69, 9.17) is 26.3 Å². The molecular weight excluding hydrogens is 586 g/mol. The molecule has 1 spiro atoms. The molecule has 7 rings (SSSR count). The molecule has 1 aromatic carbocycles. The Morgan fingerprint density at radius 3 is 2.59 bits per heavy atom. The van der Waals surface area contributed by atoms with Crippen LogP contribution in [0.25, 0.3) is 0 Å². The van der Waals surface area contributed by atoms with Crippen LogP contribution in [0.1, 0.15) is 73.5 Å². The molecule has 3 aliphatic heterocycles. The number of ether oxygens (including phenoxy) is 1. The molecule has 8 nitrogen and oxygen atoms in total. The summed E-state index contributed by atoms with van der Waals surface area (Å²) < 4.78 is 37.4. The largest absolute Gasteiger partial charge is 0.461 e. The Labute approximate surface area is 261 Å². The van der Waals surface area contributed by atoms with Crippen molar-refractivity contribution in [3.8, 4) is 12.1 Å². The van der Waals surface area contributed by atoms with Gasteiger partial charge in [-0.15, -0.1) is 0 Å². The third-order valence-corrected chi connectivity index (χ3v) is 11.3. The highest BCUT2D eigenvalue weighted by Crippen LogP contribution is 2.57. The minimum absolute atomic E-state index is 0.0247. The van der Waals surface area contributed by atoms with Crippen molar-refractivity contribution in [1.29, 1.82) is 5.26 Å². The van der Waals surface area contributed by atoms with Crippen LogP contribution in [0.2, 0.25) is 5.02 Å².